The first-order valence-corrected chi connectivity index (χ1v) is 9.13. The Morgan fingerprint density at radius 1 is 1.22 bits per heavy atom. The number of nitrogens with one attached hydrogen (secondary N) is 1. The highest BCUT2D eigenvalue weighted by molar-refractivity contribution is 5.95. The predicted molar refractivity (Wildman–Crippen MR) is 101 cm³/mol. The van der Waals surface area contributed by atoms with Gasteiger partial charge >= 0.3 is 0 Å². The van der Waals surface area contributed by atoms with Gasteiger partial charge in [-0.1, -0.05) is 12.1 Å². The lowest BCUT2D eigenvalue weighted by molar-refractivity contribution is 0.0952. The van der Waals surface area contributed by atoms with Crippen LogP contribution in [0.15, 0.2) is 30.3 Å². The Bertz CT molecular complexity index is 753. The molecule has 1 aliphatic rings. The molecule has 1 atom stereocenters. The summed E-state index contributed by atoms with van der Waals surface area (Å²) in [5.41, 5.74) is 1.30. The van der Waals surface area contributed by atoms with Crippen LogP contribution >= 0.6 is 0 Å². The van der Waals surface area contributed by atoms with Gasteiger partial charge in [-0.25, -0.2) is 0 Å². The summed E-state index contributed by atoms with van der Waals surface area (Å²) in [5, 5.41) is 2.98. The Balaban J connectivity index is 1.63. The predicted octanol–water partition coefficient (Wildman–Crippen LogP) is 2.71. The van der Waals surface area contributed by atoms with Crippen molar-refractivity contribution in [3.05, 3.63) is 35.9 Å². The molecule has 3 rings (SSSR count). The van der Waals surface area contributed by atoms with Crippen LogP contribution in [0.5, 0.6) is 11.8 Å². The van der Waals surface area contributed by atoms with Crippen molar-refractivity contribution in [3.8, 4) is 23.1 Å². The average molecular weight is 371 g/mol. The summed E-state index contributed by atoms with van der Waals surface area (Å²) in [6, 6.07) is 8.82. The molecule has 1 N–H and O–H groups in total. The standard InChI is InChI=1S/C20H25N3O4/c1-25-17-12-18(26-2)23-19(22-17)15-6-3-7-16(11-15)20(24)21-9-4-5-14-8-10-27-13-14/h3,6-7,11-12,14H,4-5,8-10,13H2,1-2H3,(H,21,24). The molecule has 2 heterocycles. The average Bonchev–Trinajstić information content (AvgIpc) is 3.24. The highest BCUT2D eigenvalue weighted by atomic mass is 16.5. The van der Waals surface area contributed by atoms with Gasteiger partial charge in [-0.05, 0) is 37.3 Å². The van der Waals surface area contributed by atoms with Crippen LogP contribution in [-0.4, -0.2) is 49.9 Å². The van der Waals surface area contributed by atoms with Crippen molar-refractivity contribution in [2.45, 2.75) is 19.3 Å². The minimum absolute atomic E-state index is 0.102. The van der Waals surface area contributed by atoms with E-state index in [-0.39, 0.29) is 5.91 Å². The second-order valence-corrected chi connectivity index (χ2v) is 6.48. The van der Waals surface area contributed by atoms with E-state index in [4.69, 9.17) is 14.2 Å². The third-order valence-corrected chi connectivity index (χ3v) is 4.58. The summed E-state index contributed by atoms with van der Waals surface area (Å²) in [7, 11) is 3.07. The van der Waals surface area contributed by atoms with Gasteiger partial charge in [0.25, 0.3) is 5.91 Å². The summed E-state index contributed by atoms with van der Waals surface area (Å²) < 4.78 is 15.7. The van der Waals surface area contributed by atoms with Gasteiger partial charge in [-0.2, -0.15) is 9.97 Å². The van der Waals surface area contributed by atoms with Crippen LogP contribution in [0.4, 0.5) is 0 Å². The van der Waals surface area contributed by atoms with E-state index in [2.05, 4.69) is 15.3 Å². The number of carbonyl (C=O) groups is 1. The smallest absolute Gasteiger partial charge is 0.251 e. The van der Waals surface area contributed by atoms with Crippen molar-refractivity contribution in [3.63, 3.8) is 0 Å². The van der Waals surface area contributed by atoms with Crippen molar-refractivity contribution < 1.29 is 19.0 Å². The maximum atomic E-state index is 12.4. The summed E-state index contributed by atoms with van der Waals surface area (Å²) in [4.78, 5) is 21.1. The van der Waals surface area contributed by atoms with Gasteiger partial charge in [0.05, 0.1) is 20.3 Å². The first kappa shape index (κ1) is 19.1. The third-order valence-electron chi connectivity index (χ3n) is 4.58. The molecule has 7 heteroatoms. The van der Waals surface area contributed by atoms with Crippen molar-refractivity contribution >= 4 is 5.91 Å². The molecular formula is C20H25N3O4. The van der Waals surface area contributed by atoms with Crippen LogP contribution in [0.25, 0.3) is 11.4 Å². The molecule has 7 nitrogen and oxygen atoms in total. The number of aromatic nitrogens is 2. The quantitative estimate of drug-likeness (QED) is 0.719. The first-order valence-electron chi connectivity index (χ1n) is 9.13. The van der Waals surface area contributed by atoms with Gasteiger partial charge in [0.1, 0.15) is 0 Å². The first-order chi connectivity index (χ1) is 13.2. The lowest BCUT2D eigenvalue weighted by Crippen LogP contribution is -2.24. The van der Waals surface area contributed by atoms with Crippen molar-refractivity contribution in [2.24, 2.45) is 5.92 Å². The summed E-state index contributed by atoms with van der Waals surface area (Å²) >= 11 is 0. The van der Waals surface area contributed by atoms with Gasteiger partial charge in [-0.15, -0.1) is 0 Å². The molecule has 2 aromatic rings. The number of nitrogens with zero attached hydrogens (tertiary/aromatic N) is 2. The lowest BCUT2D eigenvalue weighted by Gasteiger charge is -2.10. The monoisotopic (exact) mass is 371 g/mol. The van der Waals surface area contributed by atoms with Gasteiger partial charge in [0.2, 0.25) is 11.8 Å². The largest absolute Gasteiger partial charge is 0.481 e. The van der Waals surface area contributed by atoms with Crippen molar-refractivity contribution in [1.29, 1.82) is 0 Å². The highest BCUT2D eigenvalue weighted by Crippen LogP contribution is 2.23. The van der Waals surface area contributed by atoms with Crippen molar-refractivity contribution in [2.75, 3.05) is 34.0 Å². The molecule has 27 heavy (non-hydrogen) atoms. The molecule has 0 saturated carbocycles. The highest BCUT2D eigenvalue weighted by Gasteiger charge is 2.15. The van der Waals surface area contributed by atoms with Crippen LogP contribution in [0.2, 0.25) is 0 Å². The van der Waals surface area contributed by atoms with E-state index in [1.54, 1.807) is 18.2 Å². The number of amides is 1. The van der Waals surface area contributed by atoms with E-state index < -0.39 is 0 Å². The zero-order valence-corrected chi connectivity index (χ0v) is 15.7. The molecule has 0 radical (unpaired) electrons. The number of hydrogen-bond donors (Lipinski definition) is 1. The number of benzene rings is 1. The zero-order valence-electron chi connectivity index (χ0n) is 15.7. The van der Waals surface area contributed by atoms with Crippen LogP contribution in [0, 0.1) is 5.92 Å². The fraction of sp³-hybridized carbons (Fsp3) is 0.450. The van der Waals surface area contributed by atoms with E-state index in [1.807, 2.05) is 12.1 Å². The Morgan fingerprint density at radius 2 is 2.00 bits per heavy atom. The van der Waals surface area contributed by atoms with E-state index in [9.17, 15) is 4.79 Å². The SMILES string of the molecule is COc1cc(OC)nc(-c2cccc(C(=O)NCCCC3CCOC3)c2)n1. The number of ether oxygens (including phenoxy) is 3. The Kier molecular flexibility index (Phi) is 6.59. The molecule has 1 saturated heterocycles. The minimum Gasteiger partial charge on any atom is -0.481 e. The second-order valence-electron chi connectivity index (χ2n) is 6.48. The Morgan fingerprint density at radius 3 is 2.67 bits per heavy atom. The Hall–Kier alpha value is -2.67. The van der Waals surface area contributed by atoms with Crippen LogP contribution in [0.3, 0.4) is 0 Å². The maximum Gasteiger partial charge on any atom is 0.251 e. The van der Waals surface area contributed by atoms with Gasteiger partial charge in [-0.3, -0.25) is 4.79 Å². The molecule has 1 aromatic heterocycles. The molecule has 0 bridgehead atoms. The van der Waals surface area contributed by atoms with Crippen LogP contribution in [0.1, 0.15) is 29.6 Å². The third kappa shape index (κ3) is 5.17. The molecule has 0 spiro atoms. The summed E-state index contributed by atoms with van der Waals surface area (Å²) in [6.07, 6.45) is 3.16. The molecular weight excluding hydrogens is 346 g/mol. The van der Waals surface area contributed by atoms with E-state index in [1.165, 1.54) is 14.2 Å². The zero-order chi connectivity index (χ0) is 19.1. The van der Waals surface area contributed by atoms with Gasteiger partial charge < -0.3 is 19.5 Å². The topological polar surface area (TPSA) is 82.6 Å². The maximum absolute atomic E-state index is 12.4. The normalized spacial score (nSPS) is 16.1. The fourth-order valence-corrected chi connectivity index (χ4v) is 3.05. The fourth-order valence-electron chi connectivity index (χ4n) is 3.05. The van der Waals surface area contributed by atoms with E-state index in [0.29, 0.717) is 35.6 Å². The lowest BCUT2D eigenvalue weighted by atomic mass is 10.0. The number of methoxy groups -OCH3 is 2. The van der Waals surface area contributed by atoms with Gasteiger partial charge in [0, 0.05) is 30.9 Å². The van der Waals surface area contributed by atoms with E-state index >= 15 is 0 Å². The van der Waals surface area contributed by atoms with Crippen LogP contribution < -0.4 is 14.8 Å². The second kappa shape index (κ2) is 9.32. The van der Waals surface area contributed by atoms with Gasteiger partial charge in [0.15, 0.2) is 5.82 Å². The summed E-state index contributed by atoms with van der Waals surface area (Å²) in [6.45, 7) is 2.37. The Labute approximate surface area is 159 Å². The number of hydrogen-bond acceptors (Lipinski definition) is 6. The molecule has 0 aliphatic carbocycles. The van der Waals surface area contributed by atoms with Crippen molar-refractivity contribution in [1.82, 2.24) is 15.3 Å². The van der Waals surface area contributed by atoms with Crippen LogP contribution in [-0.2, 0) is 4.74 Å². The molecule has 1 unspecified atom stereocenters. The number of rotatable bonds is 8. The molecule has 1 amide bonds. The molecule has 1 aromatic carbocycles. The number of carbonyl (C=O) groups excluding carboxylic acids is 1. The van der Waals surface area contributed by atoms with E-state index in [0.717, 1.165) is 38.0 Å². The molecule has 1 fully saturated rings. The molecule has 1 aliphatic heterocycles. The molecule has 144 valence electrons. The summed E-state index contributed by atoms with van der Waals surface area (Å²) in [5.74, 6) is 1.78. The minimum atomic E-state index is -0.102.